The predicted octanol–water partition coefficient (Wildman–Crippen LogP) is 4.56. The van der Waals surface area contributed by atoms with Crippen LogP contribution in [0.3, 0.4) is 0 Å². The number of carbonyl (C=O) groups is 1. The Morgan fingerprint density at radius 3 is 2.86 bits per heavy atom. The second-order valence-corrected chi connectivity index (χ2v) is 7.67. The van der Waals surface area contributed by atoms with Crippen LogP contribution in [0.25, 0.3) is 10.1 Å². The number of rotatable bonds is 3. The minimum Gasteiger partial charge on any atom is -0.397 e. The number of fused-ring (bicyclic) bond motifs is 1. The van der Waals surface area contributed by atoms with Gasteiger partial charge in [-0.3, -0.25) is 4.79 Å². The molecule has 5 heteroatoms. The molecule has 0 unspecified atom stereocenters. The van der Waals surface area contributed by atoms with Crippen molar-refractivity contribution in [1.82, 2.24) is 5.32 Å². The van der Waals surface area contributed by atoms with E-state index in [-0.39, 0.29) is 5.91 Å². The molecule has 21 heavy (non-hydrogen) atoms. The maximum absolute atomic E-state index is 12.4. The molecule has 1 aliphatic rings. The van der Waals surface area contributed by atoms with E-state index in [4.69, 9.17) is 5.73 Å². The van der Waals surface area contributed by atoms with Crippen molar-refractivity contribution in [2.75, 3.05) is 12.3 Å². The number of hydrogen-bond donors (Lipinski definition) is 2. The number of nitrogens with two attached hydrogens (primary N) is 1. The molecule has 2 aromatic rings. The second kappa shape index (κ2) is 6.36. The summed E-state index contributed by atoms with van der Waals surface area (Å²) in [6, 6.07) is 5.94. The Morgan fingerprint density at radius 1 is 1.33 bits per heavy atom. The number of carbonyl (C=O) groups excluding carboxylic acids is 1. The quantitative estimate of drug-likeness (QED) is 0.836. The third-order valence-corrected chi connectivity index (χ3v) is 5.85. The summed E-state index contributed by atoms with van der Waals surface area (Å²) in [5.41, 5.74) is 6.74. The zero-order chi connectivity index (χ0) is 14.8. The maximum Gasteiger partial charge on any atom is 0.263 e. The number of anilines is 1. The van der Waals surface area contributed by atoms with Crippen LogP contribution in [0, 0.1) is 5.92 Å². The summed E-state index contributed by atoms with van der Waals surface area (Å²) in [5, 5.41) is 4.02. The molecule has 0 saturated heterocycles. The highest BCUT2D eigenvalue weighted by Gasteiger charge is 2.19. The third-order valence-electron chi connectivity index (χ3n) is 4.17. The fraction of sp³-hybridized carbons (Fsp3) is 0.438. The van der Waals surface area contributed by atoms with Gasteiger partial charge in [-0.2, -0.15) is 0 Å². The highest BCUT2D eigenvalue weighted by molar-refractivity contribution is 9.10. The SMILES string of the molecule is Nc1c(C(=O)NCC2CCCCC2)sc2ccc(Br)cc12. The minimum atomic E-state index is -0.0320. The van der Waals surface area contributed by atoms with E-state index in [1.807, 2.05) is 18.2 Å². The Bertz CT molecular complexity index is 662. The van der Waals surface area contributed by atoms with E-state index in [0.717, 1.165) is 21.1 Å². The lowest BCUT2D eigenvalue weighted by atomic mass is 9.89. The molecule has 1 aliphatic carbocycles. The average molecular weight is 367 g/mol. The van der Waals surface area contributed by atoms with E-state index in [1.54, 1.807) is 0 Å². The van der Waals surface area contributed by atoms with Crippen molar-refractivity contribution in [1.29, 1.82) is 0 Å². The van der Waals surface area contributed by atoms with Gasteiger partial charge in [0, 0.05) is 21.1 Å². The molecule has 1 amide bonds. The van der Waals surface area contributed by atoms with Crippen molar-refractivity contribution in [3.8, 4) is 0 Å². The van der Waals surface area contributed by atoms with E-state index in [1.165, 1.54) is 43.4 Å². The number of thiophene rings is 1. The van der Waals surface area contributed by atoms with Gasteiger partial charge < -0.3 is 11.1 Å². The van der Waals surface area contributed by atoms with Crippen LogP contribution in [-0.2, 0) is 0 Å². The summed E-state index contributed by atoms with van der Waals surface area (Å²) in [7, 11) is 0. The van der Waals surface area contributed by atoms with Crippen LogP contribution in [-0.4, -0.2) is 12.5 Å². The van der Waals surface area contributed by atoms with Gasteiger partial charge >= 0.3 is 0 Å². The summed E-state index contributed by atoms with van der Waals surface area (Å²) >= 11 is 4.91. The van der Waals surface area contributed by atoms with Crippen molar-refractivity contribution in [3.05, 3.63) is 27.5 Å². The van der Waals surface area contributed by atoms with E-state index < -0.39 is 0 Å². The van der Waals surface area contributed by atoms with Crippen molar-refractivity contribution >= 4 is 48.9 Å². The fourth-order valence-corrected chi connectivity index (χ4v) is 4.35. The molecule has 3 N–H and O–H groups in total. The molecule has 0 radical (unpaired) electrons. The Hall–Kier alpha value is -1.07. The number of nitrogen functional groups attached to an aromatic ring is 1. The van der Waals surface area contributed by atoms with Gasteiger partial charge in [0.05, 0.1) is 5.69 Å². The normalized spacial score (nSPS) is 16.2. The van der Waals surface area contributed by atoms with Gasteiger partial charge in [-0.25, -0.2) is 0 Å². The molecule has 3 nitrogen and oxygen atoms in total. The van der Waals surface area contributed by atoms with Crippen LogP contribution >= 0.6 is 27.3 Å². The summed E-state index contributed by atoms with van der Waals surface area (Å²) in [4.78, 5) is 13.0. The number of benzene rings is 1. The molecule has 1 heterocycles. The molecule has 1 saturated carbocycles. The van der Waals surface area contributed by atoms with E-state index in [2.05, 4.69) is 21.2 Å². The van der Waals surface area contributed by atoms with Gasteiger partial charge in [0.25, 0.3) is 5.91 Å². The van der Waals surface area contributed by atoms with E-state index >= 15 is 0 Å². The Morgan fingerprint density at radius 2 is 2.10 bits per heavy atom. The summed E-state index contributed by atoms with van der Waals surface area (Å²) in [5.74, 6) is 0.600. The largest absolute Gasteiger partial charge is 0.397 e. The van der Waals surface area contributed by atoms with Crippen LogP contribution in [0.1, 0.15) is 41.8 Å². The zero-order valence-electron chi connectivity index (χ0n) is 11.8. The minimum absolute atomic E-state index is 0.0320. The van der Waals surface area contributed by atoms with Gasteiger partial charge in [-0.05, 0) is 37.0 Å². The third kappa shape index (κ3) is 3.24. The second-order valence-electron chi connectivity index (χ2n) is 5.70. The molecule has 0 atom stereocenters. The van der Waals surface area contributed by atoms with Crippen LogP contribution < -0.4 is 11.1 Å². The monoisotopic (exact) mass is 366 g/mol. The van der Waals surface area contributed by atoms with Crippen LogP contribution in [0.5, 0.6) is 0 Å². The average Bonchev–Trinajstić information content (AvgIpc) is 2.83. The maximum atomic E-state index is 12.4. The van der Waals surface area contributed by atoms with Crippen molar-refractivity contribution in [2.45, 2.75) is 32.1 Å². The van der Waals surface area contributed by atoms with Crippen LogP contribution in [0.2, 0.25) is 0 Å². The molecule has 0 aliphatic heterocycles. The molecule has 3 rings (SSSR count). The highest BCUT2D eigenvalue weighted by Crippen LogP contribution is 2.35. The molecule has 1 fully saturated rings. The number of hydrogen-bond acceptors (Lipinski definition) is 3. The van der Waals surface area contributed by atoms with Gasteiger partial charge in [0.2, 0.25) is 0 Å². The van der Waals surface area contributed by atoms with E-state index in [0.29, 0.717) is 16.5 Å². The lowest BCUT2D eigenvalue weighted by Crippen LogP contribution is -2.30. The van der Waals surface area contributed by atoms with Gasteiger partial charge in [0.15, 0.2) is 0 Å². The first-order chi connectivity index (χ1) is 10.1. The molecule has 0 spiro atoms. The first-order valence-corrected chi connectivity index (χ1v) is 9.02. The summed E-state index contributed by atoms with van der Waals surface area (Å²) in [6.07, 6.45) is 6.38. The number of nitrogens with one attached hydrogen (secondary N) is 1. The molecule has 0 bridgehead atoms. The molecule has 1 aromatic carbocycles. The Balaban J connectivity index is 1.73. The van der Waals surface area contributed by atoms with Crippen molar-refractivity contribution in [3.63, 3.8) is 0 Å². The molecular weight excluding hydrogens is 348 g/mol. The van der Waals surface area contributed by atoms with Crippen molar-refractivity contribution < 1.29 is 4.79 Å². The zero-order valence-corrected chi connectivity index (χ0v) is 14.2. The van der Waals surface area contributed by atoms with Crippen LogP contribution in [0.4, 0.5) is 5.69 Å². The van der Waals surface area contributed by atoms with Gasteiger partial charge in [0.1, 0.15) is 4.88 Å². The molecule has 1 aromatic heterocycles. The lowest BCUT2D eigenvalue weighted by Gasteiger charge is -2.21. The number of halogens is 1. The topological polar surface area (TPSA) is 55.1 Å². The molecule has 112 valence electrons. The Labute approximate surface area is 137 Å². The first-order valence-electron chi connectivity index (χ1n) is 7.41. The van der Waals surface area contributed by atoms with Gasteiger partial charge in [-0.1, -0.05) is 35.2 Å². The number of amides is 1. The fourth-order valence-electron chi connectivity index (χ4n) is 2.97. The van der Waals surface area contributed by atoms with E-state index in [9.17, 15) is 4.79 Å². The lowest BCUT2D eigenvalue weighted by molar-refractivity contribution is 0.0948. The van der Waals surface area contributed by atoms with Gasteiger partial charge in [-0.15, -0.1) is 11.3 Å². The summed E-state index contributed by atoms with van der Waals surface area (Å²) < 4.78 is 2.03. The predicted molar refractivity (Wildman–Crippen MR) is 92.8 cm³/mol. The summed E-state index contributed by atoms with van der Waals surface area (Å²) in [6.45, 7) is 0.774. The Kier molecular flexibility index (Phi) is 4.50. The first kappa shape index (κ1) is 14.9. The smallest absolute Gasteiger partial charge is 0.263 e. The van der Waals surface area contributed by atoms with Crippen molar-refractivity contribution in [2.24, 2.45) is 5.92 Å². The highest BCUT2D eigenvalue weighted by atomic mass is 79.9. The standard InChI is InChI=1S/C16H19BrN2OS/c17-11-6-7-13-12(8-11)14(18)15(21-13)16(20)19-9-10-4-2-1-3-5-10/h6-8,10H,1-5,9,18H2,(H,19,20). The van der Waals surface area contributed by atoms with Crippen LogP contribution in [0.15, 0.2) is 22.7 Å². The molecular formula is C16H19BrN2OS.